The summed E-state index contributed by atoms with van der Waals surface area (Å²) in [6.07, 6.45) is 0.279. The molecule has 2 N–H and O–H groups in total. The number of carboxylic acids is 1. The third-order valence-corrected chi connectivity index (χ3v) is 3.74. The Balaban J connectivity index is 1.95. The van der Waals surface area contributed by atoms with Gasteiger partial charge in [0.05, 0.1) is 13.5 Å². The van der Waals surface area contributed by atoms with Gasteiger partial charge in [0, 0.05) is 12.1 Å². The monoisotopic (exact) mass is 327 g/mol. The lowest BCUT2D eigenvalue weighted by atomic mass is 9.97. The van der Waals surface area contributed by atoms with Gasteiger partial charge in [-0.2, -0.15) is 0 Å². The van der Waals surface area contributed by atoms with Crippen molar-refractivity contribution in [2.75, 3.05) is 12.4 Å². The topological polar surface area (TPSA) is 75.6 Å². The number of hydrogen-bond acceptors (Lipinski definition) is 3. The van der Waals surface area contributed by atoms with Crippen LogP contribution in [0.3, 0.4) is 0 Å². The third kappa shape index (κ3) is 5.12. The Morgan fingerprint density at radius 2 is 1.88 bits per heavy atom. The number of hydrogen-bond donors (Lipinski definition) is 2. The lowest BCUT2D eigenvalue weighted by molar-refractivity contribution is -0.136. The van der Waals surface area contributed by atoms with Gasteiger partial charge < -0.3 is 15.2 Å². The van der Waals surface area contributed by atoms with Crippen molar-refractivity contribution in [3.63, 3.8) is 0 Å². The first-order valence-electron chi connectivity index (χ1n) is 7.72. The fourth-order valence-electron chi connectivity index (χ4n) is 2.47. The van der Waals surface area contributed by atoms with Gasteiger partial charge in [0.15, 0.2) is 0 Å². The Morgan fingerprint density at radius 3 is 2.50 bits per heavy atom. The molecule has 126 valence electrons. The molecule has 0 fully saturated rings. The van der Waals surface area contributed by atoms with Crippen molar-refractivity contribution in [1.82, 2.24) is 0 Å². The molecule has 1 unspecified atom stereocenters. The minimum Gasteiger partial charge on any atom is -0.497 e. The van der Waals surface area contributed by atoms with Crippen molar-refractivity contribution in [2.45, 2.75) is 25.7 Å². The molecule has 0 saturated heterocycles. The number of methoxy groups -OCH3 is 1. The summed E-state index contributed by atoms with van der Waals surface area (Å²) in [6, 6.07) is 14.5. The Hall–Kier alpha value is -2.82. The van der Waals surface area contributed by atoms with Gasteiger partial charge in [0.2, 0.25) is 5.91 Å². The number of benzene rings is 2. The van der Waals surface area contributed by atoms with Gasteiger partial charge >= 0.3 is 5.97 Å². The molecule has 0 aliphatic carbocycles. The molecule has 0 radical (unpaired) electrons. The number of carboxylic acid groups (broad SMARTS) is 1. The van der Waals surface area contributed by atoms with Crippen molar-refractivity contribution >= 4 is 17.6 Å². The van der Waals surface area contributed by atoms with Crippen molar-refractivity contribution in [3.05, 3.63) is 59.7 Å². The Kier molecular flexibility index (Phi) is 5.95. The highest BCUT2D eigenvalue weighted by atomic mass is 16.5. The maximum absolute atomic E-state index is 12.2. The minimum atomic E-state index is -0.897. The van der Waals surface area contributed by atoms with Crippen molar-refractivity contribution < 1.29 is 19.4 Å². The van der Waals surface area contributed by atoms with E-state index in [1.54, 1.807) is 31.4 Å². The molecule has 5 nitrogen and oxygen atoms in total. The summed E-state index contributed by atoms with van der Waals surface area (Å²) < 4.78 is 5.13. The summed E-state index contributed by atoms with van der Waals surface area (Å²) in [6.45, 7) is 1.99. The van der Waals surface area contributed by atoms with E-state index >= 15 is 0 Å². The maximum Gasteiger partial charge on any atom is 0.307 e. The average molecular weight is 327 g/mol. The van der Waals surface area contributed by atoms with Crippen LogP contribution in [0.2, 0.25) is 0 Å². The number of amides is 1. The summed E-state index contributed by atoms with van der Waals surface area (Å²) in [4.78, 5) is 23.0. The van der Waals surface area contributed by atoms with E-state index in [4.69, 9.17) is 9.84 Å². The number of rotatable bonds is 7. The highest BCUT2D eigenvalue weighted by molar-refractivity contribution is 5.91. The van der Waals surface area contributed by atoms with Gasteiger partial charge in [0.25, 0.3) is 0 Å². The van der Waals surface area contributed by atoms with Crippen molar-refractivity contribution in [3.8, 4) is 5.75 Å². The summed E-state index contributed by atoms with van der Waals surface area (Å²) in [5, 5.41) is 11.6. The molecular formula is C19H21NO4. The van der Waals surface area contributed by atoms with Gasteiger partial charge in [0.1, 0.15) is 5.75 Å². The van der Waals surface area contributed by atoms with Crippen LogP contribution in [-0.4, -0.2) is 24.1 Å². The molecule has 1 amide bonds. The number of carbonyl (C=O) groups excluding carboxylic acids is 1. The summed E-state index contributed by atoms with van der Waals surface area (Å²) in [5.41, 5.74) is 2.33. The summed E-state index contributed by atoms with van der Waals surface area (Å²) >= 11 is 0. The average Bonchev–Trinajstić information content (AvgIpc) is 2.54. The van der Waals surface area contributed by atoms with E-state index < -0.39 is 5.97 Å². The van der Waals surface area contributed by atoms with Crippen molar-refractivity contribution in [2.24, 2.45) is 0 Å². The molecule has 5 heteroatoms. The number of aliphatic carboxylic acids is 1. The van der Waals surface area contributed by atoms with Gasteiger partial charge in [-0.3, -0.25) is 9.59 Å². The lowest BCUT2D eigenvalue weighted by Gasteiger charge is -2.13. The molecule has 0 aliphatic rings. The predicted octanol–water partition coefficient (Wildman–Crippen LogP) is 3.45. The molecular weight excluding hydrogens is 306 g/mol. The fourth-order valence-corrected chi connectivity index (χ4v) is 2.47. The van der Waals surface area contributed by atoms with Crippen LogP contribution in [0.15, 0.2) is 48.5 Å². The summed E-state index contributed by atoms with van der Waals surface area (Å²) in [7, 11) is 1.62. The first-order valence-corrected chi connectivity index (χ1v) is 7.72. The zero-order chi connectivity index (χ0) is 17.5. The fraction of sp³-hybridized carbons (Fsp3) is 0.263. The van der Waals surface area contributed by atoms with E-state index in [9.17, 15) is 9.59 Å². The van der Waals surface area contributed by atoms with Crippen LogP contribution in [0.4, 0.5) is 5.69 Å². The Morgan fingerprint density at radius 1 is 1.17 bits per heavy atom. The molecule has 2 aromatic rings. The lowest BCUT2D eigenvalue weighted by Crippen LogP contribution is -2.14. The maximum atomic E-state index is 12.2. The first kappa shape index (κ1) is 17.5. The third-order valence-electron chi connectivity index (χ3n) is 3.74. The van der Waals surface area contributed by atoms with E-state index in [2.05, 4.69) is 5.32 Å². The van der Waals surface area contributed by atoms with Crippen LogP contribution in [-0.2, 0) is 16.0 Å². The largest absolute Gasteiger partial charge is 0.497 e. The van der Waals surface area contributed by atoms with Crippen LogP contribution in [0, 0.1) is 0 Å². The normalized spacial score (nSPS) is 11.6. The zero-order valence-electron chi connectivity index (χ0n) is 13.8. The minimum absolute atomic E-state index is 0.0635. The van der Waals surface area contributed by atoms with Crippen LogP contribution in [0.1, 0.15) is 30.4 Å². The second-order valence-electron chi connectivity index (χ2n) is 5.70. The smallest absolute Gasteiger partial charge is 0.307 e. The molecule has 0 heterocycles. The second kappa shape index (κ2) is 8.15. The Labute approximate surface area is 141 Å². The second-order valence-corrected chi connectivity index (χ2v) is 5.70. The molecule has 2 rings (SSSR count). The van der Waals surface area contributed by atoms with E-state index in [0.717, 1.165) is 11.3 Å². The number of ether oxygens (including phenoxy) is 1. The number of carbonyl (C=O) groups is 2. The van der Waals surface area contributed by atoms with Crippen LogP contribution < -0.4 is 10.1 Å². The van der Waals surface area contributed by atoms with Crippen LogP contribution >= 0.6 is 0 Å². The van der Waals surface area contributed by atoms with E-state index in [1.807, 2.05) is 31.2 Å². The van der Waals surface area contributed by atoms with E-state index in [0.29, 0.717) is 17.7 Å². The predicted molar refractivity (Wildman–Crippen MR) is 92.4 cm³/mol. The number of nitrogens with one attached hydrogen (secondary N) is 1. The van der Waals surface area contributed by atoms with Crippen LogP contribution in [0.5, 0.6) is 5.75 Å². The zero-order valence-corrected chi connectivity index (χ0v) is 13.8. The van der Waals surface area contributed by atoms with Crippen molar-refractivity contribution in [1.29, 1.82) is 0 Å². The van der Waals surface area contributed by atoms with Gasteiger partial charge in [-0.15, -0.1) is 0 Å². The molecule has 24 heavy (non-hydrogen) atoms. The standard InChI is InChI=1S/C19H21NO4/c1-13(15-6-8-17(24-2)9-7-15)10-18(21)20-16-5-3-4-14(11-16)12-19(22)23/h3-9,11,13H,10,12H2,1-2H3,(H,20,21)(H,22,23). The molecule has 2 aromatic carbocycles. The van der Waals surface area contributed by atoms with E-state index in [1.165, 1.54) is 0 Å². The highest BCUT2D eigenvalue weighted by Crippen LogP contribution is 2.22. The molecule has 0 aromatic heterocycles. The first-order chi connectivity index (χ1) is 11.5. The molecule has 0 aliphatic heterocycles. The molecule has 1 atom stereocenters. The highest BCUT2D eigenvalue weighted by Gasteiger charge is 2.12. The van der Waals surface area contributed by atoms with Gasteiger partial charge in [-0.25, -0.2) is 0 Å². The molecule has 0 spiro atoms. The van der Waals surface area contributed by atoms with Crippen LogP contribution in [0.25, 0.3) is 0 Å². The SMILES string of the molecule is COc1ccc(C(C)CC(=O)Nc2cccc(CC(=O)O)c2)cc1. The van der Waals surface area contributed by atoms with Gasteiger partial charge in [-0.05, 0) is 41.3 Å². The summed E-state index contributed by atoms with van der Waals surface area (Å²) in [5.74, 6) is -0.152. The quantitative estimate of drug-likeness (QED) is 0.816. The molecule has 0 saturated carbocycles. The number of anilines is 1. The van der Waals surface area contributed by atoms with E-state index in [-0.39, 0.29) is 18.2 Å². The Bertz CT molecular complexity index is 710. The molecule has 0 bridgehead atoms. The van der Waals surface area contributed by atoms with Gasteiger partial charge in [-0.1, -0.05) is 31.2 Å².